The molecule has 0 spiro atoms. The Balaban J connectivity index is 1.48. The predicted molar refractivity (Wildman–Crippen MR) is 108 cm³/mol. The number of ether oxygens (including phenoxy) is 1. The number of hydrogen-bond acceptors (Lipinski definition) is 6. The van der Waals surface area contributed by atoms with Crippen molar-refractivity contribution in [2.75, 3.05) is 17.7 Å². The average molecular weight is 417 g/mol. The Morgan fingerprint density at radius 1 is 1.18 bits per heavy atom. The number of aromatic nitrogens is 3. The van der Waals surface area contributed by atoms with Gasteiger partial charge in [-0.3, -0.25) is 9.59 Å². The standard InChI is InChI=1S/C19H17ClN4O3S/c20-14-6-7-17(24-13-21-12-22-24)16(10-14)23-18(25)11-27-19(26)8-9-28-15-4-2-1-3-5-15/h1-7,10,12-13H,8-9,11H2,(H,23,25). The first kappa shape index (κ1) is 19.9. The van der Waals surface area contributed by atoms with Crippen LogP contribution in [0, 0.1) is 0 Å². The molecule has 9 heteroatoms. The van der Waals surface area contributed by atoms with E-state index in [1.54, 1.807) is 30.0 Å². The second-order valence-corrected chi connectivity index (χ2v) is 7.23. The SMILES string of the molecule is O=C(COC(=O)CCSc1ccccc1)Nc1cc(Cl)ccc1-n1cncn1. The van der Waals surface area contributed by atoms with Crippen LogP contribution in [0.1, 0.15) is 6.42 Å². The normalized spacial score (nSPS) is 10.5. The van der Waals surface area contributed by atoms with Crippen molar-refractivity contribution < 1.29 is 14.3 Å². The number of rotatable bonds is 8. The van der Waals surface area contributed by atoms with Crippen molar-refractivity contribution in [2.24, 2.45) is 0 Å². The molecule has 1 aromatic heterocycles. The van der Waals surface area contributed by atoms with Gasteiger partial charge in [-0.05, 0) is 30.3 Å². The molecule has 0 bridgehead atoms. The number of nitrogens with one attached hydrogen (secondary N) is 1. The van der Waals surface area contributed by atoms with Crippen molar-refractivity contribution in [1.82, 2.24) is 14.8 Å². The van der Waals surface area contributed by atoms with Gasteiger partial charge in [0.25, 0.3) is 5.91 Å². The molecule has 28 heavy (non-hydrogen) atoms. The van der Waals surface area contributed by atoms with E-state index < -0.39 is 11.9 Å². The first-order valence-corrected chi connectivity index (χ1v) is 9.76. The molecule has 3 rings (SSSR count). The van der Waals surface area contributed by atoms with E-state index in [0.717, 1.165) is 4.90 Å². The summed E-state index contributed by atoms with van der Waals surface area (Å²) in [7, 11) is 0. The number of amides is 1. The Bertz CT molecular complexity index is 936. The van der Waals surface area contributed by atoms with Gasteiger partial charge < -0.3 is 10.1 Å². The number of carbonyl (C=O) groups is 2. The Kier molecular flexibility index (Phi) is 7.05. The molecule has 144 valence electrons. The summed E-state index contributed by atoms with van der Waals surface area (Å²) < 4.78 is 6.54. The summed E-state index contributed by atoms with van der Waals surface area (Å²) in [6, 6.07) is 14.7. The molecular formula is C19H17ClN4O3S. The molecular weight excluding hydrogens is 400 g/mol. The van der Waals surface area contributed by atoms with Crippen LogP contribution in [0.4, 0.5) is 5.69 Å². The smallest absolute Gasteiger partial charge is 0.307 e. The molecule has 1 heterocycles. The van der Waals surface area contributed by atoms with E-state index >= 15 is 0 Å². The number of halogens is 1. The fourth-order valence-corrected chi connectivity index (χ4v) is 3.34. The average Bonchev–Trinajstić information content (AvgIpc) is 3.22. The molecule has 1 N–H and O–H groups in total. The first-order chi connectivity index (χ1) is 13.6. The fourth-order valence-electron chi connectivity index (χ4n) is 2.31. The topological polar surface area (TPSA) is 86.1 Å². The summed E-state index contributed by atoms with van der Waals surface area (Å²) in [6.45, 7) is -0.377. The van der Waals surface area contributed by atoms with E-state index in [1.807, 2.05) is 30.3 Å². The lowest BCUT2D eigenvalue weighted by Crippen LogP contribution is -2.22. The number of carbonyl (C=O) groups excluding carboxylic acids is 2. The van der Waals surface area contributed by atoms with E-state index in [4.69, 9.17) is 16.3 Å². The number of anilines is 1. The number of hydrogen-bond donors (Lipinski definition) is 1. The molecule has 1 amide bonds. The minimum absolute atomic E-state index is 0.216. The molecule has 0 saturated heterocycles. The van der Waals surface area contributed by atoms with Gasteiger partial charge in [0, 0.05) is 15.7 Å². The van der Waals surface area contributed by atoms with E-state index in [0.29, 0.717) is 22.2 Å². The van der Waals surface area contributed by atoms with Crippen LogP contribution < -0.4 is 5.32 Å². The van der Waals surface area contributed by atoms with Gasteiger partial charge in [-0.2, -0.15) is 5.10 Å². The third kappa shape index (κ3) is 5.83. The van der Waals surface area contributed by atoms with Gasteiger partial charge in [0.15, 0.2) is 6.61 Å². The maximum atomic E-state index is 12.2. The summed E-state index contributed by atoms with van der Waals surface area (Å²) in [5, 5.41) is 7.18. The zero-order valence-electron chi connectivity index (χ0n) is 14.7. The van der Waals surface area contributed by atoms with E-state index in [1.165, 1.54) is 17.3 Å². The van der Waals surface area contributed by atoms with Crippen LogP contribution >= 0.6 is 23.4 Å². The monoisotopic (exact) mass is 416 g/mol. The van der Waals surface area contributed by atoms with Crippen LogP contribution in [-0.4, -0.2) is 39.0 Å². The Hall–Kier alpha value is -2.84. The highest BCUT2D eigenvalue weighted by molar-refractivity contribution is 7.99. The van der Waals surface area contributed by atoms with Crippen molar-refractivity contribution in [1.29, 1.82) is 0 Å². The molecule has 7 nitrogen and oxygen atoms in total. The zero-order chi connectivity index (χ0) is 19.8. The van der Waals surface area contributed by atoms with E-state index in [2.05, 4.69) is 15.4 Å². The van der Waals surface area contributed by atoms with Crippen LogP contribution in [0.25, 0.3) is 5.69 Å². The molecule has 0 saturated carbocycles. The molecule has 2 aromatic carbocycles. The van der Waals surface area contributed by atoms with Crippen LogP contribution in [0.15, 0.2) is 66.1 Å². The van der Waals surface area contributed by atoms with Gasteiger partial charge in [0.2, 0.25) is 0 Å². The Morgan fingerprint density at radius 2 is 2.00 bits per heavy atom. The highest BCUT2D eigenvalue weighted by Crippen LogP contribution is 2.24. The molecule has 0 radical (unpaired) electrons. The lowest BCUT2D eigenvalue weighted by molar-refractivity contribution is -0.146. The quantitative estimate of drug-likeness (QED) is 0.446. The minimum atomic E-state index is -0.465. The van der Waals surface area contributed by atoms with Crippen LogP contribution in [0.2, 0.25) is 5.02 Å². The van der Waals surface area contributed by atoms with Crippen molar-refractivity contribution in [3.05, 3.63) is 66.2 Å². The lowest BCUT2D eigenvalue weighted by atomic mass is 10.2. The van der Waals surface area contributed by atoms with Gasteiger partial charge in [0.05, 0.1) is 17.8 Å². The maximum absolute atomic E-state index is 12.2. The molecule has 0 aliphatic rings. The third-order valence-corrected chi connectivity index (χ3v) is 4.83. The highest BCUT2D eigenvalue weighted by atomic mass is 35.5. The molecule has 0 fully saturated rings. The summed E-state index contributed by atoms with van der Waals surface area (Å²) in [5.74, 6) is -0.316. The molecule has 0 aliphatic heterocycles. The largest absolute Gasteiger partial charge is 0.456 e. The van der Waals surface area contributed by atoms with Crippen molar-refractivity contribution in [3.63, 3.8) is 0 Å². The number of thioether (sulfide) groups is 1. The molecule has 0 unspecified atom stereocenters. The number of esters is 1. The molecule has 0 atom stereocenters. The van der Waals surface area contributed by atoms with Gasteiger partial charge in [-0.15, -0.1) is 11.8 Å². The summed E-state index contributed by atoms with van der Waals surface area (Å²) >= 11 is 7.57. The maximum Gasteiger partial charge on any atom is 0.307 e. The van der Waals surface area contributed by atoms with Crippen LogP contribution in [0.5, 0.6) is 0 Å². The van der Waals surface area contributed by atoms with Crippen molar-refractivity contribution in [3.8, 4) is 5.69 Å². The zero-order valence-corrected chi connectivity index (χ0v) is 16.3. The Morgan fingerprint density at radius 3 is 2.75 bits per heavy atom. The predicted octanol–water partition coefficient (Wildman–Crippen LogP) is 3.58. The second-order valence-electron chi connectivity index (χ2n) is 5.62. The van der Waals surface area contributed by atoms with Gasteiger partial charge in [0.1, 0.15) is 12.7 Å². The van der Waals surface area contributed by atoms with E-state index in [9.17, 15) is 9.59 Å². The number of nitrogens with zero attached hydrogens (tertiary/aromatic N) is 3. The highest BCUT2D eigenvalue weighted by Gasteiger charge is 2.12. The first-order valence-electron chi connectivity index (χ1n) is 8.40. The summed E-state index contributed by atoms with van der Waals surface area (Å²) in [6.07, 6.45) is 3.10. The number of benzene rings is 2. The van der Waals surface area contributed by atoms with Gasteiger partial charge in [-0.25, -0.2) is 9.67 Å². The second kappa shape index (κ2) is 9.91. The molecule has 0 aliphatic carbocycles. The third-order valence-electron chi connectivity index (χ3n) is 3.58. The van der Waals surface area contributed by atoms with Crippen molar-refractivity contribution in [2.45, 2.75) is 11.3 Å². The molecule has 3 aromatic rings. The fraction of sp³-hybridized carbons (Fsp3) is 0.158. The summed E-state index contributed by atoms with van der Waals surface area (Å²) in [5.41, 5.74) is 1.04. The van der Waals surface area contributed by atoms with Crippen LogP contribution in [-0.2, 0) is 14.3 Å². The van der Waals surface area contributed by atoms with Gasteiger partial charge in [-0.1, -0.05) is 29.8 Å². The lowest BCUT2D eigenvalue weighted by Gasteiger charge is -2.11. The minimum Gasteiger partial charge on any atom is -0.456 e. The van der Waals surface area contributed by atoms with Gasteiger partial charge >= 0.3 is 5.97 Å². The van der Waals surface area contributed by atoms with Crippen LogP contribution in [0.3, 0.4) is 0 Å². The van der Waals surface area contributed by atoms with E-state index in [-0.39, 0.29) is 13.0 Å². The summed E-state index contributed by atoms with van der Waals surface area (Å²) in [4.78, 5) is 29.0. The van der Waals surface area contributed by atoms with Crippen molar-refractivity contribution >= 4 is 40.9 Å². The Labute approximate surface area is 171 Å².